The molecular formula is C18H14N2O5S. The fourth-order valence-corrected chi connectivity index (χ4v) is 3.21. The van der Waals surface area contributed by atoms with Gasteiger partial charge in [0.1, 0.15) is 0 Å². The van der Waals surface area contributed by atoms with Gasteiger partial charge < -0.3 is 15.3 Å². The molecule has 0 saturated carbocycles. The summed E-state index contributed by atoms with van der Waals surface area (Å²) >= 11 is 1.16. The summed E-state index contributed by atoms with van der Waals surface area (Å²) < 4.78 is 0. The Bertz CT molecular complexity index is 951. The largest absolute Gasteiger partial charge is 0.504 e. The van der Waals surface area contributed by atoms with Gasteiger partial charge in [0.15, 0.2) is 16.7 Å². The number of aliphatic imine (C=N–C) groups is 1. The molecule has 1 saturated heterocycles. The fraction of sp³-hybridized carbons (Fsp3) is 0.0556. The summed E-state index contributed by atoms with van der Waals surface area (Å²) in [5.74, 6) is -1.77. The topological polar surface area (TPSA) is 110 Å². The SMILES string of the molecule is CN1C(=O)/C(=C/c2ccc(O)c(O)c2)SC1=Nc1ccc(C(=O)O)cc1. The molecule has 2 aromatic carbocycles. The van der Waals surface area contributed by atoms with E-state index in [9.17, 15) is 19.8 Å². The number of carbonyl (C=O) groups excluding carboxylic acids is 1. The van der Waals surface area contributed by atoms with E-state index in [4.69, 9.17) is 5.11 Å². The molecule has 26 heavy (non-hydrogen) atoms. The van der Waals surface area contributed by atoms with Crippen molar-refractivity contribution in [2.45, 2.75) is 0 Å². The van der Waals surface area contributed by atoms with Gasteiger partial charge in [-0.2, -0.15) is 0 Å². The van der Waals surface area contributed by atoms with Gasteiger partial charge in [-0.15, -0.1) is 0 Å². The molecule has 3 rings (SSSR count). The summed E-state index contributed by atoms with van der Waals surface area (Å²) in [5.41, 5.74) is 1.25. The molecule has 7 nitrogen and oxygen atoms in total. The number of rotatable bonds is 3. The zero-order valence-corrected chi connectivity index (χ0v) is 14.4. The van der Waals surface area contributed by atoms with Crippen molar-refractivity contribution in [2.75, 3.05) is 7.05 Å². The van der Waals surface area contributed by atoms with Crippen LogP contribution in [0.4, 0.5) is 5.69 Å². The normalized spacial score (nSPS) is 17.3. The minimum Gasteiger partial charge on any atom is -0.504 e. The Morgan fingerprint density at radius 2 is 1.81 bits per heavy atom. The van der Waals surface area contributed by atoms with Crippen molar-refractivity contribution < 1.29 is 24.9 Å². The maximum absolute atomic E-state index is 12.4. The van der Waals surface area contributed by atoms with Crippen LogP contribution in [0.15, 0.2) is 52.4 Å². The van der Waals surface area contributed by atoms with Crippen LogP contribution in [-0.2, 0) is 4.79 Å². The Kier molecular flexibility index (Phi) is 4.68. The fourth-order valence-electron chi connectivity index (χ4n) is 2.22. The molecule has 2 aromatic rings. The molecule has 0 unspecified atom stereocenters. The monoisotopic (exact) mass is 370 g/mol. The third-order valence-corrected chi connectivity index (χ3v) is 4.70. The summed E-state index contributed by atoms with van der Waals surface area (Å²) in [4.78, 5) is 29.4. The van der Waals surface area contributed by atoms with E-state index in [-0.39, 0.29) is 23.0 Å². The van der Waals surface area contributed by atoms with E-state index in [1.807, 2.05) is 0 Å². The number of nitrogens with zero attached hydrogens (tertiary/aromatic N) is 2. The number of phenols is 2. The first kappa shape index (κ1) is 17.6. The average Bonchev–Trinajstić information content (AvgIpc) is 2.87. The van der Waals surface area contributed by atoms with Gasteiger partial charge >= 0.3 is 5.97 Å². The van der Waals surface area contributed by atoms with Crippen molar-refractivity contribution >= 4 is 40.6 Å². The number of hydrogen-bond donors (Lipinski definition) is 3. The number of likely N-dealkylation sites (N-methyl/N-ethyl adjacent to an activating group) is 1. The van der Waals surface area contributed by atoms with Gasteiger partial charge in [0.25, 0.3) is 5.91 Å². The Morgan fingerprint density at radius 3 is 2.42 bits per heavy atom. The first-order valence-corrected chi connectivity index (χ1v) is 8.28. The lowest BCUT2D eigenvalue weighted by Crippen LogP contribution is -2.23. The summed E-state index contributed by atoms with van der Waals surface area (Å²) in [6.45, 7) is 0. The highest BCUT2D eigenvalue weighted by Gasteiger charge is 2.30. The second-order valence-corrected chi connectivity index (χ2v) is 6.48. The van der Waals surface area contributed by atoms with Crippen LogP contribution in [0, 0.1) is 0 Å². The number of thioether (sulfide) groups is 1. The van der Waals surface area contributed by atoms with Crippen LogP contribution in [0.1, 0.15) is 15.9 Å². The molecule has 0 aromatic heterocycles. The average molecular weight is 370 g/mol. The number of carbonyl (C=O) groups is 2. The second-order valence-electron chi connectivity index (χ2n) is 5.47. The van der Waals surface area contributed by atoms with Gasteiger partial charge in [-0.25, -0.2) is 9.79 Å². The lowest BCUT2D eigenvalue weighted by atomic mass is 10.2. The molecule has 0 aliphatic carbocycles. The maximum atomic E-state index is 12.4. The zero-order chi connectivity index (χ0) is 18.8. The standard InChI is InChI=1S/C18H14N2O5S/c1-20-16(23)15(9-10-2-7-13(21)14(22)8-10)26-18(20)19-12-5-3-11(4-6-12)17(24)25/h2-9,21-22H,1H3,(H,24,25)/b15-9-,19-18?. The predicted octanol–water partition coefficient (Wildman–Crippen LogP) is 3.03. The molecule has 0 atom stereocenters. The molecule has 1 aliphatic rings. The molecule has 132 valence electrons. The highest BCUT2D eigenvalue weighted by molar-refractivity contribution is 8.18. The number of phenolic OH excluding ortho intramolecular Hbond substituents is 2. The second kappa shape index (κ2) is 6.93. The Morgan fingerprint density at radius 1 is 1.12 bits per heavy atom. The minimum absolute atomic E-state index is 0.158. The summed E-state index contributed by atoms with van der Waals surface area (Å²) in [6.07, 6.45) is 1.60. The summed E-state index contributed by atoms with van der Waals surface area (Å²) in [7, 11) is 1.59. The van der Waals surface area contributed by atoms with Crippen LogP contribution in [0.25, 0.3) is 6.08 Å². The number of amidine groups is 1. The number of aromatic hydroxyl groups is 2. The molecule has 1 aliphatic heterocycles. The van der Waals surface area contributed by atoms with Crippen molar-refractivity contribution in [3.8, 4) is 11.5 Å². The molecule has 1 heterocycles. The van der Waals surface area contributed by atoms with Crippen molar-refractivity contribution in [2.24, 2.45) is 4.99 Å². The maximum Gasteiger partial charge on any atom is 0.335 e. The molecule has 1 fully saturated rings. The van der Waals surface area contributed by atoms with Crippen LogP contribution in [0.3, 0.4) is 0 Å². The van der Waals surface area contributed by atoms with Crippen molar-refractivity contribution in [3.05, 3.63) is 58.5 Å². The van der Waals surface area contributed by atoms with E-state index in [1.54, 1.807) is 31.3 Å². The molecule has 0 radical (unpaired) electrons. The number of carboxylic acid groups (broad SMARTS) is 1. The molecule has 0 bridgehead atoms. The van der Waals surface area contributed by atoms with Gasteiger partial charge in [0, 0.05) is 7.05 Å². The molecule has 8 heteroatoms. The number of amides is 1. The molecule has 0 spiro atoms. The predicted molar refractivity (Wildman–Crippen MR) is 98.6 cm³/mol. The molecule has 3 N–H and O–H groups in total. The Labute approximate surface area is 152 Å². The van der Waals surface area contributed by atoms with Gasteiger partial charge in [-0.05, 0) is 59.8 Å². The number of aromatic carboxylic acids is 1. The van der Waals surface area contributed by atoms with E-state index < -0.39 is 5.97 Å². The van der Waals surface area contributed by atoms with E-state index >= 15 is 0 Å². The number of carboxylic acids is 1. The number of benzene rings is 2. The van der Waals surface area contributed by atoms with Crippen molar-refractivity contribution in [1.29, 1.82) is 0 Å². The van der Waals surface area contributed by atoms with Crippen LogP contribution in [0.2, 0.25) is 0 Å². The smallest absolute Gasteiger partial charge is 0.335 e. The van der Waals surface area contributed by atoms with Crippen molar-refractivity contribution in [3.63, 3.8) is 0 Å². The highest BCUT2D eigenvalue weighted by atomic mass is 32.2. The molecular weight excluding hydrogens is 356 g/mol. The van der Waals surface area contributed by atoms with E-state index in [2.05, 4.69) is 4.99 Å². The molecule has 1 amide bonds. The Hall–Kier alpha value is -3.26. The van der Waals surface area contributed by atoms with Crippen LogP contribution >= 0.6 is 11.8 Å². The van der Waals surface area contributed by atoms with E-state index in [0.717, 1.165) is 11.8 Å². The van der Waals surface area contributed by atoms with E-state index in [0.29, 0.717) is 21.3 Å². The third kappa shape index (κ3) is 3.55. The van der Waals surface area contributed by atoms with Crippen LogP contribution in [-0.4, -0.2) is 44.3 Å². The number of hydrogen-bond acceptors (Lipinski definition) is 6. The summed E-state index contributed by atoms with van der Waals surface area (Å²) in [5, 5.41) is 28.3. The lowest BCUT2D eigenvalue weighted by Gasteiger charge is -2.07. The van der Waals surface area contributed by atoms with Crippen molar-refractivity contribution in [1.82, 2.24) is 4.90 Å². The van der Waals surface area contributed by atoms with Gasteiger partial charge in [0.2, 0.25) is 0 Å². The minimum atomic E-state index is -1.02. The lowest BCUT2D eigenvalue weighted by molar-refractivity contribution is -0.121. The van der Waals surface area contributed by atoms with Crippen LogP contribution in [0.5, 0.6) is 11.5 Å². The first-order chi connectivity index (χ1) is 12.3. The summed E-state index contributed by atoms with van der Waals surface area (Å²) in [6, 6.07) is 10.3. The Balaban J connectivity index is 1.87. The highest BCUT2D eigenvalue weighted by Crippen LogP contribution is 2.34. The van der Waals surface area contributed by atoms with Gasteiger partial charge in [0.05, 0.1) is 16.2 Å². The van der Waals surface area contributed by atoms with E-state index in [1.165, 1.54) is 29.2 Å². The first-order valence-electron chi connectivity index (χ1n) is 7.47. The quantitative estimate of drug-likeness (QED) is 0.566. The van der Waals surface area contributed by atoms with Gasteiger partial charge in [-0.1, -0.05) is 6.07 Å². The zero-order valence-electron chi connectivity index (χ0n) is 13.6. The third-order valence-electron chi connectivity index (χ3n) is 3.64. The van der Waals surface area contributed by atoms with Gasteiger partial charge in [-0.3, -0.25) is 9.69 Å². The van der Waals surface area contributed by atoms with Crippen LogP contribution < -0.4 is 0 Å².